The smallest absolute Gasteiger partial charge is 0.221 e. The molecule has 5 nitrogen and oxygen atoms in total. The van der Waals surface area contributed by atoms with E-state index in [9.17, 15) is 9.90 Å². The molecule has 5 heteroatoms. The van der Waals surface area contributed by atoms with Gasteiger partial charge in [0.15, 0.2) is 0 Å². The Bertz CT molecular complexity index is 327. The van der Waals surface area contributed by atoms with Crippen LogP contribution in [-0.4, -0.2) is 72.7 Å². The van der Waals surface area contributed by atoms with Gasteiger partial charge in [-0.15, -0.1) is 0 Å². The highest BCUT2D eigenvalue weighted by molar-refractivity contribution is 5.76. The van der Waals surface area contributed by atoms with Crippen LogP contribution in [0.1, 0.15) is 38.5 Å². The van der Waals surface area contributed by atoms with Crippen LogP contribution in [-0.2, 0) is 4.79 Å². The van der Waals surface area contributed by atoms with Crippen molar-refractivity contribution < 1.29 is 9.90 Å². The van der Waals surface area contributed by atoms with E-state index >= 15 is 0 Å². The Hall–Kier alpha value is -0.650. The van der Waals surface area contributed by atoms with Crippen LogP contribution in [0.15, 0.2) is 0 Å². The summed E-state index contributed by atoms with van der Waals surface area (Å²) in [7, 11) is 4.17. The molecule has 2 saturated heterocycles. The van der Waals surface area contributed by atoms with Crippen LogP contribution >= 0.6 is 0 Å². The number of piperidine rings is 2. The number of likely N-dealkylation sites (tertiary alicyclic amines) is 2. The van der Waals surface area contributed by atoms with E-state index in [4.69, 9.17) is 0 Å². The minimum Gasteiger partial charge on any atom is -0.388 e. The normalized spacial score (nSPS) is 28.2. The van der Waals surface area contributed by atoms with Gasteiger partial charge in [0.2, 0.25) is 5.91 Å². The van der Waals surface area contributed by atoms with Crippen LogP contribution in [0.5, 0.6) is 0 Å². The van der Waals surface area contributed by atoms with E-state index < -0.39 is 5.60 Å². The minimum atomic E-state index is -0.708. The summed E-state index contributed by atoms with van der Waals surface area (Å²) in [6, 6.07) is 0.371. The Morgan fingerprint density at radius 3 is 2.60 bits per heavy atom. The molecule has 0 aromatic heterocycles. The summed E-state index contributed by atoms with van der Waals surface area (Å²) in [5.74, 6) is 0.0797. The van der Waals surface area contributed by atoms with Crippen LogP contribution in [0.3, 0.4) is 0 Å². The summed E-state index contributed by atoms with van der Waals surface area (Å²) in [6.45, 7) is 3.29. The third-order valence-corrected chi connectivity index (χ3v) is 4.87. The van der Waals surface area contributed by atoms with Crippen molar-refractivity contribution in [2.24, 2.45) is 0 Å². The fraction of sp³-hybridized carbons (Fsp3) is 0.933. The second-order valence-corrected chi connectivity index (χ2v) is 6.64. The maximum atomic E-state index is 12.0. The summed E-state index contributed by atoms with van der Waals surface area (Å²) < 4.78 is 0. The lowest BCUT2D eigenvalue weighted by molar-refractivity contribution is -0.124. The van der Waals surface area contributed by atoms with E-state index in [-0.39, 0.29) is 5.91 Å². The van der Waals surface area contributed by atoms with Crippen molar-refractivity contribution in [2.75, 3.05) is 40.3 Å². The molecule has 2 N–H and O–H groups in total. The fourth-order valence-electron chi connectivity index (χ4n) is 3.16. The van der Waals surface area contributed by atoms with Gasteiger partial charge in [-0.2, -0.15) is 0 Å². The molecule has 0 saturated carbocycles. The van der Waals surface area contributed by atoms with Crippen molar-refractivity contribution >= 4 is 5.91 Å². The van der Waals surface area contributed by atoms with Gasteiger partial charge < -0.3 is 20.2 Å². The lowest BCUT2D eigenvalue weighted by Crippen LogP contribution is -2.50. The van der Waals surface area contributed by atoms with Crippen molar-refractivity contribution in [1.82, 2.24) is 15.1 Å². The summed E-state index contributed by atoms with van der Waals surface area (Å²) in [6.07, 6.45) is 5.62. The molecule has 0 aromatic carbocycles. The average Bonchev–Trinajstić information content (AvgIpc) is 2.43. The maximum Gasteiger partial charge on any atom is 0.221 e. The Morgan fingerprint density at radius 1 is 1.25 bits per heavy atom. The van der Waals surface area contributed by atoms with Gasteiger partial charge >= 0.3 is 0 Å². The summed E-state index contributed by atoms with van der Waals surface area (Å²) >= 11 is 0. The van der Waals surface area contributed by atoms with Gasteiger partial charge in [0.05, 0.1) is 5.60 Å². The van der Waals surface area contributed by atoms with E-state index in [1.165, 1.54) is 12.8 Å². The molecule has 0 aliphatic carbocycles. The van der Waals surface area contributed by atoms with Gasteiger partial charge in [-0.3, -0.25) is 4.79 Å². The molecule has 2 heterocycles. The number of rotatable bonds is 4. The Labute approximate surface area is 122 Å². The van der Waals surface area contributed by atoms with Gasteiger partial charge in [0.1, 0.15) is 0 Å². The lowest BCUT2D eigenvalue weighted by Gasteiger charge is -2.37. The maximum absolute atomic E-state index is 12.0. The first-order chi connectivity index (χ1) is 9.48. The first-order valence-corrected chi connectivity index (χ1v) is 7.86. The van der Waals surface area contributed by atoms with E-state index in [2.05, 4.69) is 29.2 Å². The standard InChI is InChI=1S/C15H29N3O2/c1-17-9-6-15(20,7-10-17)12-16-14(19)11-13-5-3-4-8-18(13)2/h13,20H,3-12H2,1-2H3,(H,16,19)/t13-/m0/s1. The zero-order valence-corrected chi connectivity index (χ0v) is 12.9. The van der Waals surface area contributed by atoms with Crippen molar-refractivity contribution in [3.8, 4) is 0 Å². The van der Waals surface area contributed by atoms with Crippen molar-refractivity contribution in [3.05, 3.63) is 0 Å². The molecule has 2 aliphatic heterocycles. The molecule has 1 atom stereocenters. The number of carbonyl (C=O) groups excluding carboxylic acids is 1. The number of aliphatic hydroxyl groups is 1. The van der Waals surface area contributed by atoms with Crippen LogP contribution in [0.25, 0.3) is 0 Å². The average molecular weight is 283 g/mol. The first kappa shape index (κ1) is 15.7. The molecule has 0 unspecified atom stereocenters. The Kier molecular flexibility index (Phi) is 5.41. The number of hydrogen-bond acceptors (Lipinski definition) is 4. The van der Waals surface area contributed by atoms with Crippen molar-refractivity contribution in [2.45, 2.75) is 50.2 Å². The van der Waals surface area contributed by atoms with Crippen molar-refractivity contribution in [1.29, 1.82) is 0 Å². The van der Waals surface area contributed by atoms with Crippen LogP contribution in [0.4, 0.5) is 0 Å². The minimum absolute atomic E-state index is 0.0797. The van der Waals surface area contributed by atoms with E-state index in [0.29, 0.717) is 19.0 Å². The van der Waals surface area contributed by atoms with Gasteiger partial charge in [0, 0.05) is 32.1 Å². The molecule has 2 fully saturated rings. The van der Waals surface area contributed by atoms with Crippen LogP contribution in [0, 0.1) is 0 Å². The third-order valence-electron chi connectivity index (χ3n) is 4.87. The van der Waals surface area contributed by atoms with E-state index in [0.717, 1.165) is 38.9 Å². The summed E-state index contributed by atoms with van der Waals surface area (Å²) in [5.41, 5.74) is -0.708. The molecule has 0 radical (unpaired) electrons. The van der Waals surface area contributed by atoms with E-state index in [1.54, 1.807) is 0 Å². The third kappa shape index (κ3) is 4.43. The van der Waals surface area contributed by atoms with Gasteiger partial charge in [-0.1, -0.05) is 6.42 Å². The highest BCUT2D eigenvalue weighted by atomic mass is 16.3. The zero-order valence-electron chi connectivity index (χ0n) is 12.9. The molecule has 0 aromatic rings. The van der Waals surface area contributed by atoms with Gasteiger partial charge in [0.25, 0.3) is 0 Å². The topological polar surface area (TPSA) is 55.8 Å². The number of nitrogens with one attached hydrogen (secondary N) is 1. The highest BCUT2D eigenvalue weighted by Crippen LogP contribution is 2.21. The molecule has 0 bridgehead atoms. The molecule has 0 spiro atoms. The molecular weight excluding hydrogens is 254 g/mol. The second-order valence-electron chi connectivity index (χ2n) is 6.64. The fourth-order valence-corrected chi connectivity index (χ4v) is 3.16. The first-order valence-electron chi connectivity index (χ1n) is 7.86. The molecule has 1 amide bonds. The molecule has 20 heavy (non-hydrogen) atoms. The summed E-state index contributed by atoms with van der Waals surface area (Å²) in [4.78, 5) is 16.5. The lowest BCUT2D eigenvalue weighted by atomic mass is 9.91. The molecule has 2 aliphatic rings. The quantitative estimate of drug-likeness (QED) is 0.786. The Morgan fingerprint density at radius 2 is 1.95 bits per heavy atom. The predicted molar refractivity (Wildman–Crippen MR) is 79.6 cm³/mol. The number of carbonyl (C=O) groups is 1. The van der Waals surface area contributed by atoms with Gasteiger partial charge in [-0.25, -0.2) is 0 Å². The number of hydrogen-bond donors (Lipinski definition) is 2. The van der Waals surface area contributed by atoms with Crippen LogP contribution < -0.4 is 5.32 Å². The molecular formula is C15H29N3O2. The van der Waals surface area contributed by atoms with Gasteiger partial charge in [-0.05, 0) is 46.3 Å². The highest BCUT2D eigenvalue weighted by Gasteiger charge is 2.31. The van der Waals surface area contributed by atoms with Crippen LogP contribution in [0.2, 0.25) is 0 Å². The predicted octanol–water partition coefficient (Wildman–Crippen LogP) is 0.434. The SMILES string of the molecule is CN1CCC(O)(CNC(=O)C[C@@H]2CCCCN2C)CC1. The summed E-state index contributed by atoms with van der Waals surface area (Å²) in [5, 5.41) is 13.4. The number of amides is 1. The molecule has 116 valence electrons. The monoisotopic (exact) mass is 283 g/mol. The zero-order chi connectivity index (χ0) is 14.6. The largest absolute Gasteiger partial charge is 0.388 e. The second kappa shape index (κ2) is 6.87. The van der Waals surface area contributed by atoms with Crippen molar-refractivity contribution in [3.63, 3.8) is 0 Å². The Balaban J connectivity index is 1.71. The van der Waals surface area contributed by atoms with E-state index in [1.807, 2.05) is 0 Å². The molecule has 2 rings (SSSR count). The number of nitrogens with zero attached hydrogens (tertiary/aromatic N) is 2.